The Labute approximate surface area is 169 Å². The third-order valence-electron chi connectivity index (χ3n) is 5.44. The normalized spacial score (nSPS) is 20.1. The maximum Gasteiger partial charge on any atom is 0.269 e. The molecular formula is C21H26N4O4. The van der Waals surface area contributed by atoms with Crippen molar-refractivity contribution in [2.24, 2.45) is 5.73 Å². The van der Waals surface area contributed by atoms with Crippen molar-refractivity contribution < 1.29 is 19.1 Å². The molecule has 1 saturated heterocycles. The van der Waals surface area contributed by atoms with Crippen molar-refractivity contribution >= 4 is 11.8 Å². The lowest BCUT2D eigenvalue weighted by molar-refractivity contribution is -0.137. The van der Waals surface area contributed by atoms with Crippen LogP contribution in [0.5, 0.6) is 11.5 Å². The second-order valence-electron chi connectivity index (χ2n) is 8.24. The summed E-state index contributed by atoms with van der Waals surface area (Å²) in [6.45, 7) is 4.62. The van der Waals surface area contributed by atoms with Crippen LogP contribution in [0.2, 0.25) is 0 Å². The highest BCUT2D eigenvalue weighted by molar-refractivity contribution is 5.90. The molecule has 0 bridgehead atoms. The van der Waals surface area contributed by atoms with E-state index in [-0.39, 0.29) is 29.9 Å². The van der Waals surface area contributed by atoms with Crippen LogP contribution in [0, 0.1) is 0 Å². The van der Waals surface area contributed by atoms with Crippen LogP contribution in [0.3, 0.4) is 0 Å². The highest BCUT2D eigenvalue weighted by atomic mass is 16.5. The minimum Gasteiger partial charge on any atom is -0.483 e. The number of carbonyl (C=O) groups is 2. The summed E-state index contributed by atoms with van der Waals surface area (Å²) in [6.07, 6.45) is 3.53. The Morgan fingerprint density at radius 1 is 1.38 bits per heavy atom. The van der Waals surface area contributed by atoms with Gasteiger partial charge in [-0.1, -0.05) is 12.1 Å². The van der Waals surface area contributed by atoms with Crippen LogP contribution in [-0.2, 0) is 11.2 Å². The number of likely N-dealkylation sites (tertiary alicyclic amines) is 1. The molecule has 1 fully saturated rings. The Kier molecular flexibility index (Phi) is 4.94. The molecule has 1 atom stereocenters. The number of para-hydroxylation sites is 1. The zero-order valence-electron chi connectivity index (χ0n) is 16.7. The summed E-state index contributed by atoms with van der Waals surface area (Å²) in [5.74, 6) is 0.609. The summed E-state index contributed by atoms with van der Waals surface area (Å²) in [4.78, 5) is 26.1. The number of aromatic nitrogens is 2. The molecule has 1 aromatic carbocycles. The maximum atomic E-state index is 13.0. The van der Waals surface area contributed by atoms with E-state index in [1.807, 2.05) is 32.0 Å². The van der Waals surface area contributed by atoms with E-state index in [4.69, 9.17) is 15.2 Å². The molecule has 2 aliphatic heterocycles. The molecule has 0 unspecified atom stereocenters. The summed E-state index contributed by atoms with van der Waals surface area (Å²) in [6, 6.07) is 7.23. The van der Waals surface area contributed by atoms with Crippen LogP contribution < -0.4 is 15.2 Å². The Bertz CT molecular complexity index is 937. The lowest BCUT2D eigenvalue weighted by Crippen LogP contribution is -2.41. The van der Waals surface area contributed by atoms with Crippen molar-refractivity contribution in [1.29, 1.82) is 0 Å². The van der Waals surface area contributed by atoms with Crippen molar-refractivity contribution in [2.75, 3.05) is 13.2 Å². The van der Waals surface area contributed by atoms with E-state index in [1.54, 1.807) is 11.0 Å². The van der Waals surface area contributed by atoms with E-state index in [0.717, 1.165) is 42.7 Å². The first-order chi connectivity index (χ1) is 13.8. The number of nitrogens with zero attached hydrogens (tertiary/aromatic N) is 2. The van der Waals surface area contributed by atoms with Crippen LogP contribution in [0.15, 0.2) is 24.3 Å². The molecule has 2 aliphatic rings. The number of piperidine rings is 1. The molecule has 29 heavy (non-hydrogen) atoms. The lowest BCUT2D eigenvalue weighted by atomic mass is 9.99. The predicted octanol–water partition coefficient (Wildman–Crippen LogP) is 2.35. The first kappa shape index (κ1) is 19.3. The first-order valence-corrected chi connectivity index (χ1v) is 9.92. The fourth-order valence-corrected chi connectivity index (χ4v) is 4.11. The summed E-state index contributed by atoms with van der Waals surface area (Å²) in [5.41, 5.74) is 7.00. The number of primary amides is 1. The van der Waals surface area contributed by atoms with Gasteiger partial charge in [0.15, 0.2) is 18.1 Å². The second-order valence-corrected chi connectivity index (χ2v) is 8.24. The van der Waals surface area contributed by atoms with Crippen molar-refractivity contribution in [3.63, 3.8) is 0 Å². The number of hydrogen-bond acceptors (Lipinski definition) is 5. The van der Waals surface area contributed by atoms with Gasteiger partial charge in [0.05, 0.1) is 11.7 Å². The van der Waals surface area contributed by atoms with E-state index >= 15 is 0 Å². The molecule has 2 aromatic rings. The van der Waals surface area contributed by atoms with Gasteiger partial charge >= 0.3 is 0 Å². The Balaban J connectivity index is 1.46. The minimum absolute atomic E-state index is 0.0758. The standard InChI is InChI=1S/C21H26N4O4/c1-21(2)11-13-6-5-8-17(19(13)29-21)28-12-18(26)25-9-4-3-7-16(25)14-10-15(20(22)27)24-23-14/h5-6,8,10,16H,3-4,7,9,11-12H2,1-2H3,(H2,22,27)(H,23,24)/t16-/m1/s1. The molecule has 3 N–H and O–H groups in total. The fourth-order valence-electron chi connectivity index (χ4n) is 4.11. The van der Waals surface area contributed by atoms with Gasteiger partial charge in [0.2, 0.25) is 0 Å². The molecule has 4 rings (SSSR count). The quantitative estimate of drug-likeness (QED) is 0.803. The zero-order chi connectivity index (χ0) is 20.6. The number of nitrogens with one attached hydrogen (secondary N) is 1. The average molecular weight is 398 g/mol. The Hall–Kier alpha value is -3.03. The van der Waals surface area contributed by atoms with Crippen LogP contribution in [0.25, 0.3) is 0 Å². The van der Waals surface area contributed by atoms with E-state index in [0.29, 0.717) is 12.3 Å². The molecule has 154 valence electrons. The van der Waals surface area contributed by atoms with Crippen molar-refractivity contribution in [3.05, 3.63) is 41.2 Å². The molecule has 1 aromatic heterocycles. The first-order valence-electron chi connectivity index (χ1n) is 9.92. The van der Waals surface area contributed by atoms with Crippen LogP contribution in [-0.4, -0.2) is 45.7 Å². The molecule has 8 heteroatoms. The number of amides is 2. The van der Waals surface area contributed by atoms with Crippen molar-refractivity contribution in [1.82, 2.24) is 15.1 Å². The van der Waals surface area contributed by atoms with Gasteiger partial charge in [0.25, 0.3) is 11.8 Å². The van der Waals surface area contributed by atoms with E-state index in [9.17, 15) is 9.59 Å². The smallest absolute Gasteiger partial charge is 0.269 e. The van der Waals surface area contributed by atoms with E-state index in [2.05, 4.69) is 10.2 Å². The number of H-pyrrole nitrogens is 1. The third kappa shape index (κ3) is 3.92. The number of aromatic amines is 1. The molecule has 0 aliphatic carbocycles. The summed E-state index contributed by atoms with van der Waals surface area (Å²) < 4.78 is 11.9. The zero-order valence-corrected chi connectivity index (χ0v) is 16.7. The largest absolute Gasteiger partial charge is 0.483 e. The number of ether oxygens (including phenoxy) is 2. The van der Waals surface area contributed by atoms with Gasteiger partial charge in [0, 0.05) is 18.5 Å². The van der Waals surface area contributed by atoms with Crippen LogP contribution in [0.4, 0.5) is 0 Å². The lowest BCUT2D eigenvalue weighted by Gasteiger charge is -2.35. The molecule has 8 nitrogen and oxygen atoms in total. The van der Waals surface area contributed by atoms with Gasteiger partial charge in [-0.3, -0.25) is 14.7 Å². The maximum absolute atomic E-state index is 13.0. The molecule has 0 radical (unpaired) electrons. The van der Waals surface area contributed by atoms with Gasteiger partial charge in [-0.25, -0.2) is 0 Å². The summed E-state index contributed by atoms with van der Waals surface area (Å²) in [7, 11) is 0. The topological polar surface area (TPSA) is 111 Å². The number of fused-ring (bicyclic) bond motifs is 1. The Morgan fingerprint density at radius 2 is 2.21 bits per heavy atom. The SMILES string of the molecule is CC1(C)Cc2cccc(OCC(=O)N3CCCC[C@@H]3c3cc(C(N)=O)n[nH]3)c2O1. The summed E-state index contributed by atoms with van der Waals surface area (Å²) in [5, 5.41) is 6.80. The van der Waals surface area contributed by atoms with Gasteiger partial charge in [-0.05, 0) is 45.2 Å². The van der Waals surface area contributed by atoms with Crippen molar-refractivity contribution in [2.45, 2.75) is 51.2 Å². The number of hydrogen-bond donors (Lipinski definition) is 2. The van der Waals surface area contributed by atoms with Gasteiger partial charge in [0.1, 0.15) is 11.3 Å². The Morgan fingerprint density at radius 3 is 2.97 bits per heavy atom. The van der Waals surface area contributed by atoms with Gasteiger partial charge in [-0.15, -0.1) is 0 Å². The number of rotatable bonds is 5. The van der Waals surface area contributed by atoms with Gasteiger partial charge < -0.3 is 20.1 Å². The molecule has 0 saturated carbocycles. The number of nitrogens with two attached hydrogens (primary N) is 1. The summed E-state index contributed by atoms with van der Waals surface area (Å²) >= 11 is 0. The second kappa shape index (κ2) is 7.42. The highest BCUT2D eigenvalue weighted by Gasteiger charge is 2.33. The minimum atomic E-state index is -0.592. The van der Waals surface area contributed by atoms with Crippen LogP contribution >= 0.6 is 0 Å². The van der Waals surface area contributed by atoms with Crippen molar-refractivity contribution in [3.8, 4) is 11.5 Å². The van der Waals surface area contributed by atoms with Crippen LogP contribution in [0.1, 0.15) is 60.9 Å². The fraction of sp³-hybridized carbons (Fsp3) is 0.476. The van der Waals surface area contributed by atoms with Gasteiger partial charge in [-0.2, -0.15) is 5.10 Å². The van der Waals surface area contributed by atoms with E-state index < -0.39 is 5.91 Å². The number of benzene rings is 1. The van der Waals surface area contributed by atoms with E-state index in [1.165, 1.54) is 0 Å². The monoisotopic (exact) mass is 398 g/mol. The molecular weight excluding hydrogens is 372 g/mol. The molecule has 3 heterocycles. The number of carbonyl (C=O) groups excluding carboxylic acids is 2. The third-order valence-corrected chi connectivity index (χ3v) is 5.44. The predicted molar refractivity (Wildman–Crippen MR) is 106 cm³/mol. The average Bonchev–Trinajstić information content (AvgIpc) is 3.29. The molecule has 2 amide bonds. The highest BCUT2D eigenvalue weighted by Crippen LogP contribution is 2.41. The molecule has 0 spiro atoms.